The van der Waals surface area contributed by atoms with E-state index in [1.165, 1.54) is 17.4 Å². The van der Waals surface area contributed by atoms with Crippen LogP contribution in [0.5, 0.6) is 0 Å². The van der Waals surface area contributed by atoms with Crippen molar-refractivity contribution in [3.8, 4) is 0 Å². The predicted molar refractivity (Wildman–Crippen MR) is 120 cm³/mol. The molecule has 3 rings (SSSR count). The minimum absolute atomic E-state index is 0. The van der Waals surface area contributed by atoms with Crippen LogP contribution in [0, 0.1) is 11.6 Å². The molecular formula is C17H17Cl3F2N6O2S. The van der Waals surface area contributed by atoms with Gasteiger partial charge in [0.1, 0.15) is 5.69 Å². The number of carbonyl (C=O) groups is 2. The second-order valence-electron chi connectivity index (χ2n) is 6.07. The van der Waals surface area contributed by atoms with Gasteiger partial charge in [0.2, 0.25) is 0 Å². The number of hydrogen-bond acceptors (Lipinski definition) is 6. The van der Waals surface area contributed by atoms with Crippen molar-refractivity contribution < 1.29 is 18.4 Å². The van der Waals surface area contributed by atoms with E-state index in [0.717, 1.165) is 5.13 Å². The SMILES string of the molecule is CN(C)c1nc(CNC(=O)c2cc(NC(=O)c3cc(F)c(F)cc3Cl)n[nH]2)cs1.Cl.Cl. The van der Waals surface area contributed by atoms with Crippen molar-refractivity contribution in [2.24, 2.45) is 0 Å². The maximum absolute atomic E-state index is 13.3. The number of thiazole rings is 1. The minimum atomic E-state index is -1.21. The average molecular weight is 514 g/mol. The van der Waals surface area contributed by atoms with Gasteiger partial charge in [0, 0.05) is 25.5 Å². The molecule has 0 saturated carbocycles. The minimum Gasteiger partial charge on any atom is -0.354 e. The van der Waals surface area contributed by atoms with Gasteiger partial charge >= 0.3 is 0 Å². The summed E-state index contributed by atoms with van der Waals surface area (Å²) in [5, 5.41) is 13.7. The topological polar surface area (TPSA) is 103 Å². The summed E-state index contributed by atoms with van der Waals surface area (Å²) in [6, 6.07) is 2.69. The quantitative estimate of drug-likeness (QED) is 0.434. The zero-order valence-corrected chi connectivity index (χ0v) is 19.2. The van der Waals surface area contributed by atoms with E-state index in [-0.39, 0.29) is 53.5 Å². The monoisotopic (exact) mass is 512 g/mol. The van der Waals surface area contributed by atoms with Crippen LogP contribution >= 0.6 is 47.8 Å². The Bertz CT molecular complexity index is 1080. The number of rotatable bonds is 6. The molecular weight excluding hydrogens is 497 g/mol. The molecule has 8 nitrogen and oxygen atoms in total. The molecule has 168 valence electrons. The van der Waals surface area contributed by atoms with E-state index in [1.807, 2.05) is 24.4 Å². The molecule has 3 N–H and O–H groups in total. The van der Waals surface area contributed by atoms with Gasteiger partial charge in [0.15, 0.2) is 22.6 Å². The number of amides is 2. The van der Waals surface area contributed by atoms with Crippen molar-refractivity contribution in [3.05, 3.63) is 57.2 Å². The molecule has 0 atom stereocenters. The van der Waals surface area contributed by atoms with Gasteiger partial charge < -0.3 is 15.5 Å². The van der Waals surface area contributed by atoms with E-state index < -0.39 is 23.4 Å². The van der Waals surface area contributed by atoms with Crippen molar-refractivity contribution in [3.63, 3.8) is 0 Å². The summed E-state index contributed by atoms with van der Waals surface area (Å²) in [5.74, 6) is -3.61. The molecule has 0 spiro atoms. The maximum Gasteiger partial charge on any atom is 0.269 e. The van der Waals surface area contributed by atoms with Crippen LogP contribution in [0.15, 0.2) is 23.6 Å². The van der Waals surface area contributed by atoms with Crippen molar-refractivity contribution in [2.45, 2.75) is 6.54 Å². The number of aromatic nitrogens is 3. The number of hydrogen-bond donors (Lipinski definition) is 3. The van der Waals surface area contributed by atoms with Gasteiger partial charge in [-0.1, -0.05) is 11.6 Å². The normalized spacial score (nSPS) is 9.97. The van der Waals surface area contributed by atoms with E-state index in [0.29, 0.717) is 17.8 Å². The molecule has 2 amide bonds. The Labute approximate surface area is 197 Å². The van der Waals surface area contributed by atoms with Gasteiger partial charge in [-0.3, -0.25) is 14.7 Å². The number of aromatic amines is 1. The van der Waals surface area contributed by atoms with Crippen LogP contribution in [0.25, 0.3) is 0 Å². The van der Waals surface area contributed by atoms with Crippen LogP contribution in [0.2, 0.25) is 5.02 Å². The number of carbonyl (C=O) groups excluding carboxylic acids is 2. The largest absolute Gasteiger partial charge is 0.354 e. The highest BCUT2D eigenvalue weighted by molar-refractivity contribution is 7.13. The van der Waals surface area contributed by atoms with Crippen molar-refractivity contribution >= 4 is 70.5 Å². The van der Waals surface area contributed by atoms with Crippen LogP contribution in [0.4, 0.5) is 19.7 Å². The molecule has 0 fully saturated rings. The lowest BCUT2D eigenvalue weighted by Gasteiger charge is -2.05. The number of H-pyrrole nitrogens is 1. The Balaban J connectivity index is 0.00000240. The van der Waals surface area contributed by atoms with Gasteiger partial charge in [-0.2, -0.15) is 5.10 Å². The van der Waals surface area contributed by atoms with Crippen molar-refractivity contribution in [1.82, 2.24) is 20.5 Å². The zero-order valence-electron chi connectivity index (χ0n) is 16.0. The molecule has 0 aliphatic heterocycles. The Morgan fingerprint density at radius 2 is 1.84 bits per heavy atom. The standard InChI is InChI=1S/C17H15ClF2N6O2S.2ClH/c1-26(2)17-22-8(7-29-17)6-21-16(28)13-5-14(25-24-13)23-15(27)9-3-11(19)12(20)4-10(9)18;;/h3-5,7H,6H2,1-2H3,(H,21,28)(H2,23,24,25,27);2*1H. The first-order chi connectivity index (χ1) is 13.7. The highest BCUT2D eigenvalue weighted by atomic mass is 35.5. The first kappa shape index (κ1) is 26.6. The van der Waals surface area contributed by atoms with Crippen LogP contribution in [0.1, 0.15) is 26.5 Å². The fourth-order valence-corrected chi connectivity index (χ4v) is 3.23. The molecule has 0 aliphatic rings. The third-order valence-corrected chi connectivity index (χ3v) is 5.04. The van der Waals surface area contributed by atoms with Crippen LogP contribution in [-0.2, 0) is 6.54 Å². The summed E-state index contributed by atoms with van der Waals surface area (Å²) in [7, 11) is 3.74. The van der Waals surface area contributed by atoms with Gasteiger partial charge in [0.05, 0.1) is 22.8 Å². The lowest BCUT2D eigenvalue weighted by Crippen LogP contribution is -2.23. The van der Waals surface area contributed by atoms with Gasteiger partial charge in [-0.05, 0) is 12.1 Å². The summed E-state index contributed by atoms with van der Waals surface area (Å²) in [6.45, 7) is 0.217. The summed E-state index contributed by atoms with van der Waals surface area (Å²) in [4.78, 5) is 30.6. The number of nitrogens with zero attached hydrogens (tertiary/aromatic N) is 3. The van der Waals surface area contributed by atoms with Gasteiger partial charge in [-0.25, -0.2) is 13.8 Å². The van der Waals surface area contributed by atoms with Crippen LogP contribution in [0.3, 0.4) is 0 Å². The van der Waals surface area contributed by atoms with Crippen LogP contribution in [-0.4, -0.2) is 41.1 Å². The molecule has 2 aromatic heterocycles. The van der Waals surface area contributed by atoms with E-state index in [2.05, 4.69) is 25.8 Å². The first-order valence-corrected chi connectivity index (χ1v) is 9.41. The van der Waals surface area contributed by atoms with E-state index in [1.54, 1.807) is 0 Å². The molecule has 3 aromatic rings. The van der Waals surface area contributed by atoms with Gasteiger partial charge in [0.25, 0.3) is 11.8 Å². The molecule has 31 heavy (non-hydrogen) atoms. The molecule has 14 heteroatoms. The maximum atomic E-state index is 13.3. The second kappa shape index (κ2) is 11.2. The average Bonchev–Trinajstić information content (AvgIpc) is 3.32. The first-order valence-electron chi connectivity index (χ1n) is 8.16. The van der Waals surface area contributed by atoms with Gasteiger partial charge in [-0.15, -0.1) is 36.2 Å². The molecule has 0 aliphatic carbocycles. The smallest absolute Gasteiger partial charge is 0.269 e. The Morgan fingerprint density at radius 3 is 2.48 bits per heavy atom. The van der Waals surface area contributed by atoms with E-state index in [9.17, 15) is 18.4 Å². The fourth-order valence-electron chi connectivity index (χ4n) is 2.23. The lowest BCUT2D eigenvalue weighted by atomic mass is 10.2. The highest BCUT2D eigenvalue weighted by Gasteiger charge is 2.17. The third kappa shape index (κ3) is 6.50. The van der Waals surface area contributed by atoms with Crippen LogP contribution < -0.4 is 15.5 Å². The molecule has 0 bridgehead atoms. The van der Waals surface area contributed by atoms with Crippen molar-refractivity contribution in [2.75, 3.05) is 24.3 Å². The number of anilines is 2. The second-order valence-corrected chi connectivity index (χ2v) is 7.31. The molecule has 2 heterocycles. The Kier molecular flexibility index (Phi) is 9.63. The summed E-state index contributed by atoms with van der Waals surface area (Å²) in [6.07, 6.45) is 0. The van der Waals surface area contributed by atoms with E-state index >= 15 is 0 Å². The summed E-state index contributed by atoms with van der Waals surface area (Å²) >= 11 is 7.22. The van der Waals surface area contributed by atoms with E-state index in [4.69, 9.17) is 11.6 Å². The lowest BCUT2D eigenvalue weighted by molar-refractivity contribution is 0.0944. The summed E-state index contributed by atoms with van der Waals surface area (Å²) in [5.41, 5.74) is 0.535. The zero-order chi connectivity index (χ0) is 21.1. The Hall–Kier alpha value is -2.47. The highest BCUT2D eigenvalue weighted by Crippen LogP contribution is 2.21. The van der Waals surface area contributed by atoms with Crippen molar-refractivity contribution in [1.29, 1.82) is 0 Å². The number of nitrogens with one attached hydrogen (secondary N) is 3. The third-order valence-electron chi connectivity index (χ3n) is 3.67. The predicted octanol–water partition coefficient (Wildman–Crippen LogP) is 3.89. The molecule has 0 radical (unpaired) electrons. The fraction of sp³-hybridized carbons (Fsp3) is 0.176. The summed E-state index contributed by atoms with van der Waals surface area (Å²) < 4.78 is 26.5. The molecule has 0 saturated heterocycles. The number of halogens is 5. The molecule has 1 aromatic carbocycles. The number of benzene rings is 1. The Morgan fingerprint density at radius 1 is 1.16 bits per heavy atom. The molecule has 0 unspecified atom stereocenters.